The highest BCUT2D eigenvalue weighted by atomic mass is 16.5. The third-order valence-electron chi connectivity index (χ3n) is 3.42. The van der Waals surface area contributed by atoms with Gasteiger partial charge in [0.2, 0.25) is 0 Å². The predicted molar refractivity (Wildman–Crippen MR) is 62.6 cm³/mol. The maximum Gasteiger partial charge on any atom is 0.128 e. The Kier molecular flexibility index (Phi) is 2.76. The molecule has 4 heteroatoms. The standard InChI is InChI=1S/C12H17N3O/c1-2-4-13-12(3-1)15-7-5-14(6-8-15)11-9-16-10-11/h1-4,11H,5-10H2. The summed E-state index contributed by atoms with van der Waals surface area (Å²) in [5.74, 6) is 1.10. The Morgan fingerprint density at radius 1 is 1.12 bits per heavy atom. The largest absolute Gasteiger partial charge is 0.378 e. The molecule has 0 aliphatic carbocycles. The van der Waals surface area contributed by atoms with Gasteiger partial charge in [0.05, 0.1) is 19.3 Å². The summed E-state index contributed by atoms with van der Waals surface area (Å²) in [6.07, 6.45) is 1.86. The SMILES string of the molecule is c1ccc(N2CCN(C3COC3)CC2)nc1. The van der Waals surface area contributed by atoms with E-state index in [2.05, 4.69) is 26.9 Å². The highest BCUT2D eigenvalue weighted by molar-refractivity contribution is 5.38. The summed E-state index contributed by atoms with van der Waals surface area (Å²) in [5.41, 5.74) is 0. The summed E-state index contributed by atoms with van der Waals surface area (Å²) in [5, 5.41) is 0. The Morgan fingerprint density at radius 3 is 2.50 bits per heavy atom. The zero-order valence-electron chi connectivity index (χ0n) is 9.38. The normalized spacial score (nSPS) is 23.1. The molecule has 0 amide bonds. The number of pyridine rings is 1. The number of hydrogen-bond donors (Lipinski definition) is 0. The Bertz CT molecular complexity index is 331. The average Bonchev–Trinajstić information content (AvgIpc) is 2.29. The molecule has 0 radical (unpaired) electrons. The summed E-state index contributed by atoms with van der Waals surface area (Å²) in [6, 6.07) is 6.77. The summed E-state index contributed by atoms with van der Waals surface area (Å²) in [4.78, 5) is 9.28. The van der Waals surface area contributed by atoms with Crippen LogP contribution in [0.2, 0.25) is 0 Å². The van der Waals surface area contributed by atoms with E-state index in [9.17, 15) is 0 Å². The first-order chi connectivity index (χ1) is 7.93. The van der Waals surface area contributed by atoms with Crippen molar-refractivity contribution in [2.45, 2.75) is 6.04 Å². The molecule has 1 aromatic heterocycles. The lowest BCUT2D eigenvalue weighted by Gasteiger charge is -2.42. The summed E-state index contributed by atoms with van der Waals surface area (Å²) in [7, 11) is 0. The Hall–Kier alpha value is -1.13. The van der Waals surface area contributed by atoms with Crippen LogP contribution < -0.4 is 4.90 Å². The van der Waals surface area contributed by atoms with Gasteiger partial charge in [0.25, 0.3) is 0 Å². The first-order valence-electron chi connectivity index (χ1n) is 5.91. The van der Waals surface area contributed by atoms with Gasteiger partial charge in [-0.25, -0.2) is 4.98 Å². The molecule has 2 aliphatic rings. The molecule has 4 nitrogen and oxygen atoms in total. The van der Waals surface area contributed by atoms with Crippen LogP contribution in [0.1, 0.15) is 0 Å². The van der Waals surface area contributed by atoms with Gasteiger partial charge in [0.1, 0.15) is 5.82 Å². The van der Waals surface area contributed by atoms with E-state index < -0.39 is 0 Å². The smallest absolute Gasteiger partial charge is 0.128 e. The van der Waals surface area contributed by atoms with E-state index in [0.717, 1.165) is 45.2 Å². The maximum absolute atomic E-state index is 5.23. The van der Waals surface area contributed by atoms with Gasteiger partial charge >= 0.3 is 0 Å². The number of nitrogens with zero attached hydrogens (tertiary/aromatic N) is 3. The van der Waals surface area contributed by atoms with Crippen molar-refractivity contribution in [1.29, 1.82) is 0 Å². The fourth-order valence-corrected chi connectivity index (χ4v) is 2.29. The summed E-state index contributed by atoms with van der Waals surface area (Å²) in [6.45, 7) is 6.25. The Morgan fingerprint density at radius 2 is 1.94 bits per heavy atom. The van der Waals surface area contributed by atoms with Gasteiger partial charge in [-0.3, -0.25) is 4.90 Å². The van der Waals surface area contributed by atoms with Gasteiger partial charge < -0.3 is 9.64 Å². The molecule has 1 aromatic rings. The van der Waals surface area contributed by atoms with Crippen molar-refractivity contribution in [3.63, 3.8) is 0 Å². The van der Waals surface area contributed by atoms with Crippen molar-refractivity contribution < 1.29 is 4.74 Å². The van der Waals surface area contributed by atoms with Gasteiger partial charge in [0.15, 0.2) is 0 Å². The lowest BCUT2D eigenvalue weighted by Crippen LogP contribution is -2.56. The molecule has 3 rings (SSSR count). The Balaban J connectivity index is 1.58. The number of anilines is 1. The van der Waals surface area contributed by atoms with Crippen LogP contribution in [0, 0.1) is 0 Å². The zero-order chi connectivity index (χ0) is 10.8. The number of ether oxygens (including phenoxy) is 1. The maximum atomic E-state index is 5.23. The molecule has 0 saturated carbocycles. The highest BCUT2D eigenvalue weighted by Crippen LogP contribution is 2.16. The average molecular weight is 219 g/mol. The second-order valence-corrected chi connectivity index (χ2v) is 4.40. The zero-order valence-corrected chi connectivity index (χ0v) is 9.38. The van der Waals surface area contributed by atoms with Crippen LogP contribution in [0.15, 0.2) is 24.4 Å². The minimum atomic E-state index is 0.672. The lowest BCUT2D eigenvalue weighted by atomic mass is 10.2. The van der Waals surface area contributed by atoms with Crippen LogP contribution in [0.25, 0.3) is 0 Å². The van der Waals surface area contributed by atoms with E-state index in [1.54, 1.807) is 0 Å². The van der Waals surface area contributed by atoms with E-state index in [-0.39, 0.29) is 0 Å². The Labute approximate surface area is 95.8 Å². The first kappa shape index (κ1) is 10.1. The fourth-order valence-electron chi connectivity index (χ4n) is 2.29. The second-order valence-electron chi connectivity index (χ2n) is 4.40. The minimum absolute atomic E-state index is 0.672. The van der Waals surface area contributed by atoms with Crippen molar-refractivity contribution in [2.75, 3.05) is 44.3 Å². The molecule has 0 bridgehead atoms. The minimum Gasteiger partial charge on any atom is -0.378 e. The number of hydrogen-bond acceptors (Lipinski definition) is 4. The molecule has 0 atom stereocenters. The van der Waals surface area contributed by atoms with Gasteiger partial charge in [-0.2, -0.15) is 0 Å². The topological polar surface area (TPSA) is 28.6 Å². The third-order valence-corrected chi connectivity index (χ3v) is 3.42. The van der Waals surface area contributed by atoms with Crippen LogP contribution in [0.5, 0.6) is 0 Å². The lowest BCUT2D eigenvalue weighted by molar-refractivity contribution is -0.0660. The van der Waals surface area contributed by atoms with Gasteiger partial charge in [0, 0.05) is 32.4 Å². The molecule has 0 unspecified atom stereocenters. The highest BCUT2D eigenvalue weighted by Gasteiger charge is 2.28. The van der Waals surface area contributed by atoms with Crippen LogP contribution in [0.3, 0.4) is 0 Å². The van der Waals surface area contributed by atoms with Crippen molar-refractivity contribution in [3.05, 3.63) is 24.4 Å². The molecular formula is C12H17N3O. The molecule has 16 heavy (non-hydrogen) atoms. The van der Waals surface area contributed by atoms with Crippen LogP contribution >= 0.6 is 0 Å². The quantitative estimate of drug-likeness (QED) is 0.728. The van der Waals surface area contributed by atoms with E-state index in [1.807, 2.05) is 12.3 Å². The molecule has 3 heterocycles. The predicted octanol–water partition coefficient (Wildman–Crippen LogP) is 0.602. The molecule has 0 N–H and O–H groups in total. The number of aromatic nitrogens is 1. The van der Waals surface area contributed by atoms with Gasteiger partial charge in [-0.05, 0) is 12.1 Å². The fraction of sp³-hybridized carbons (Fsp3) is 0.583. The van der Waals surface area contributed by atoms with E-state index in [4.69, 9.17) is 4.74 Å². The molecule has 2 saturated heterocycles. The molecule has 0 spiro atoms. The van der Waals surface area contributed by atoms with Gasteiger partial charge in [-0.15, -0.1) is 0 Å². The van der Waals surface area contributed by atoms with Crippen molar-refractivity contribution >= 4 is 5.82 Å². The summed E-state index contributed by atoms with van der Waals surface area (Å²) < 4.78 is 5.23. The van der Waals surface area contributed by atoms with Crippen LogP contribution in [0.4, 0.5) is 5.82 Å². The van der Waals surface area contributed by atoms with E-state index in [1.165, 1.54) is 0 Å². The van der Waals surface area contributed by atoms with Crippen molar-refractivity contribution in [3.8, 4) is 0 Å². The number of piperazine rings is 1. The van der Waals surface area contributed by atoms with Crippen LogP contribution in [-0.4, -0.2) is 55.3 Å². The monoisotopic (exact) mass is 219 g/mol. The van der Waals surface area contributed by atoms with Crippen LogP contribution in [-0.2, 0) is 4.74 Å². The molecule has 0 aromatic carbocycles. The third kappa shape index (κ3) is 1.90. The van der Waals surface area contributed by atoms with E-state index in [0.29, 0.717) is 6.04 Å². The molecule has 2 aliphatic heterocycles. The molecular weight excluding hydrogens is 202 g/mol. The number of rotatable bonds is 2. The van der Waals surface area contributed by atoms with Crippen molar-refractivity contribution in [1.82, 2.24) is 9.88 Å². The molecule has 2 fully saturated rings. The van der Waals surface area contributed by atoms with Crippen molar-refractivity contribution in [2.24, 2.45) is 0 Å². The van der Waals surface area contributed by atoms with E-state index >= 15 is 0 Å². The second kappa shape index (κ2) is 4.39. The molecule has 86 valence electrons. The van der Waals surface area contributed by atoms with Gasteiger partial charge in [-0.1, -0.05) is 6.07 Å². The first-order valence-corrected chi connectivity index (χ1v) is 5.91. The summed E-state index contributed by atoms with van der Waals surface area (Å²) >= 11 is 0.